The van der Waals surface area contributed by atoms with Crippen LogP contribution in [0.3, 0.4) is 0 Å². The molecule has 3 aromatic heterocycles. The first-order chi connectivity index (χ1) is 37.0. The van der Waals surface area contributed by atoms with Crippen molar-refractivity contribution in [1.82, 2.24) is 35.1 Å². The number of ether oxygens (including phenoxy) is 7. The van der Waals surface area contributed by atoms with Crippen LogP contribution in [0, 0.1) is 17.8 Å². The Morgan fingerprint density at radius 2 is 1.61 bits per heavy atom. The largest absolute Gasteiger partial charge is 0.497 e. The van der Waals surface area contributed by atoms with Gasteiger partial charge in [0.2, 0.25) is 11.7 Å². The number of H-pyrrole nitrogens is 1. The number of aliphatic carboxylic acids is 2. The van der Waals surface area contributed by atoms with E-state index in [-0.39, 0.29) is 59.6 Å². The third-order valence-corrected chi connectivity index (χ3v) is 14.5. The Bertz CT molecular complexity index is 3150. The van der Waals surface area contributed by atoms with Crippen LogP contribution in [0.2, 0.25) is 0 Å². The summed E-state index contributed by atoms with van der Waals surface area (Å²) < 4.78 is 39.1. The lowest BCUT2D eigenvalue weighted by atomic mass is 9.63. The number of rotatable bonds is 17. The number of hydrogen-bond donors (Lipinski definition) is 6. The number of carbonyl (C=O) groups excluding carboxylic acids is 3. The number of aromatic nitrogens is 5. The number of anilines is 3. The number of amides is 1. The number of esters is 2. The van der Waals surface area contributed by atoms with E-state index in [1.807, 2.05) is 24.1 Å². The van der Waals surface area contributed by atoms with E-state index in [4.69, 9.17) is 49.7 Å². The quantitative estimate of drug-likeness (QED) is 0.0688. The van der Waals surface area contributed by atoms with Crippen LogP contribution in [0.25, 0.3) is 22.1 Å². The van der Waals surface area contributed by atoms with Crippen molar-refractivity contribution in [2.24, 2.45) is 17.8 Å². The van der Waals surface area contributed by atoms with E-state index in [0.717, 1.165) is 42.9 Å². The summed E-state index contributed by atoms with van der Waals surface area (Å²) in [5, 5.41) is 21.5. The van der Waals surface area contributed by atoms with Crippen LogP contribution in [0.1, 0.15) is 69.4 Å². The van der Waals surface area contributed by atoms with Crippen molar-refractivity contribution in [2.75, 3.05) is 79.2 Å². The van der Waals surface area contributed by atoms with Crippen LogP contribution in [0.15, 0.2) is 60.8 Å². The minimum atomic E-state index is -1.30. The molecule has 0 unspecified atom stereocenters. The monoisotopic (exact) mass is 1060 g/mol. The Balaban J connectivity index is 0.000000213. The molecule has 77 heavy (non-hydrogen) atoms. The average Bonchev–Trinajstić information content (AvgIpc) is 3.85. The predicted octanol–water partition coefficient (Wildman–Crippen LogP) is 4.44. The molecule has 5 heterocycles. The van der Waals surface area contributed by atoms with Gasteiger partial charge in [0, 0.05) is 67.6 Å². The molecule has 0 bridgehead atoms. The number of benzene rings is 3. The molecule has 1 saturated carbocycles. The average molecular weight is 1060 g/mol. The molecular formula is C53H62N10O14. The predicted molar refractivity (Wildman–Crippen MR) is 279 cm³/mol. The molecule has 1 amide bonds. The van der Waals surface area contributed by atoms with Crippen molar-refractivity contribution in [2.45, 2.75) is 62.9 Å². The summed E-state index contributed by atoms with van der Waals surface area (Å²) >= 11 is 0. The van der Waals surface area contributed by atoms with Crippen LogP contribution in [0.4, 0.5) is 17.5 Å². The number of nitrogens with one attached hydrogen (secondary N) is 2. The maximum absolute atomic E-state index is 13.5. The molecular weight excluding hydrogens is 1000 g/mol. The Hall–Kier alpha value is -8.51. The van der Waals surface area contributed by atoms with Crippen molar-refractivity contribution in [3.63, 3.8) is 0 Å². The van der Waals surface area contributed by atoms with E-state index >= 15 is 0 Å². The minimum Gasteiger partial charge on any atom is -0.497 e. The zero-order chi connectivity index (χ0) is 55.2. The van der Waals surface area contributed by atoms with Gasteiger partial charge >= 0.3 is 23.9 Å². The molecule has 24 nitrogen and oxygen atoms in total. The smallest absolute Gasteiger partial charge is 0.338 e. The molecule has 7 atom stereocenters. The molecule has 2 aliphatic heterocycles. The van der Waals surface area contributed by atoms with E-state index in [1.165, 1.54) is 57.2 Å². The molecule has 6 aromatic rings. The fourth-order valence-electron chi connectivity index (χ4n) is 10.8. The van der Waals surface area contributed by atoms with Crippen molar-refractivity contribution >= 4 is 69.3 Å². The van der Waals surface area contributed by atoms with Crippen LogP contribution < -0.4 is 40.6 Å². The Morgan fingerprint density at radius 3 is 2.25 bits per heavy atom. The zero-order valence-corrected chi connectivity index (χ0v) is 43.6. The van der Waals surface area contributed by atoms with Gasteiger partial charge < -0.3 is 70.0 Å². The van der Waals surface area contributed by atoms with Gasteiger partial charge in [0.15, 0.2) is 28.5 Å². The summed E-state index contributed by atoms with van der Waals surface area (Å²) in [6, 6.07) is 14.6. The van der Waals surface area contributed by atoms with Crippen LogP contribution in [0.5, 0.6) is 23.0 Å². The first-order valence-electron chi connectivity index (χ1n) is 24.6. The number of nitrogen functional groups attached to an aromatic ring is 2. The molecule has 9 rings (SSSR count). The second-order valence-corrected chi connectivity index (χ2v) is 18.9. The second kappa shape index (κ2) is 23.6. The third kappa shape index (κ3) is 11.7. The highest BCUT2D eigenvalue weighted by Crippen LogP contribution is 2.51. The van der Waals surface area contributed by atoms with Gasteiger partial charge in [0.25, 0.3) is 5.91 Å². The van der Waals surface area contributed by atoms with Crippen molar-refractivity contribution < 1.29 is 67.3 Å². The van der Waals surface area contributed by atoms with Gasteiger partial charge in [-0.3, -0.25) is 19.3 Å². The lowest BCUT2D eigenvalue weighted by molar-refractivity contribution is -0.176. The summed E-state index contributed by atoms with van der Waals surface area (Å²) in [6.07, 6.45) is 1.88. The second-order valence-electron chi connectivity index (χ2n) is 18.9. The van der Waals surface area contributed by atoms with E-state index in [2.05, 4.69) is 41.2 Å². The molecule has 0 spiro atoms. The highest BCUT2D eigenvalue weighted by atomic mass is 16.6. The molecule has 1 aliphatic carbocycles. The van der Waals surface area contributed by atoms with Gasteiger partial charge in [-0.15, -0.1) is 0 Å². The van der Waals surface area contributed by atoms with Gasteiger partial charge in [-0.05, 0) is 91.6 Å². The topological polar surface area (TPSA) is 328 Å². The number of carboxylic acids is 2. The summed E-state index contributed by atoms with van der Waals surface area (Å²) in [7, 11) is 10.9. The summed E-state index contributed by atoms with van der Waals surface area (Å²) in [5.74, 6) is -2.47. The normalized spacial score (nSPS) is 19.9. The minimum absolute atomic E-state index is 0.0138. The van der Waals surface area contributed by atoms with E-state index in [9.17, 15) is 29.1 Å². The number of nitrogens with zero attached hydrogens (tertiary/aromatic N) is 6. The highest BCUT2D eigenvalue weighted by molar-refractivity contribution is 5.97. The zero-order valence-electron chi connectivity index (χ0n) is 43.6. The third-order valence-electron chi connectivity index (χ3n) is 14.5. The number of methoxy groups -OCH3 is 6. The Labute approximate surface area is 442 Å². The standard InChI is InChI=1S/C33H40N2O9.C20H22N8O5/c1-38-19-7-8-20-21-9-10-35-16-18-13-27(44-32(36)17-11-25(39-2)30(41-4)26(12-17)40-3)31(42-5)28(33(37)43-6)22(18)15-24(35)29(21)34-23(20)14-19;1-28(9-11-8-23-17-15(24-11)16(21)26-20(22)27-17)12-4-2-10(3-5-12)18(31)25-13(19(32)33)6-7-14(29)30/h7-8,11-12,14,18,22,24,27-28,31,34H,9-10,13,15-16H2,1-6H3;2-5,8,13H,6-7,9H2,1H3,(H,25,31)(H,29,30)(H,32,33)(H4,21,22,23,26,27)/t18-,22+,24-,27-,28+,31+;13-/m10/s1. The van der Waals surface area contributed by atoms with Crippen LogP contribution in [-0.4, -0.2) is 151 Å². The first kappa shape index (κ1) is 54.7. The fraction of sp³-hybridized carbons (Fsp3) is 0.415. The highest BCUT2D eigenvalue weighted by Gasteiger charge is 2.54. The molecule has 1 saturated heterocycles. The number of piperidine rings is 1. The lowest BCUT2D eigenvalue weighted by Gasteiger charge is -2.52. The summed E-state index contributed by atoms with van der Waals surface area (Å²) in [6.45, 7) is 2.05. The van der Waals surface area contributed by atoms with Gasteiger partial charge in [-0.1, -0.05) is 0 Å². The molecule has 8 N–H and O–H groups in total. The summed E-state index contributed by atoms with van der Waals surface area (Å²) in [4.78, 5) is 85.8. The number of aromatic amines is 1. The van der Waals surface area contributed by atoms with Gasteiger partial charge in [0.1, 0.15) is 24.0 Å². The van der Waals surface area contributed by atoms with Gasteiger partial charge in [-0.2, -0.15) is 9.97 Å². The SMILES string of the molecule is CN(Cc1cnc2nc(N)nc(N)c2n1)c1ccc(C(=O)N[C@@H](CCC(=O)O)C(=O)O)cc1.COC(=O)[C@H]1[C@H]2C[C@@H]3c4[nH]c5cc(OC)ccc5c4CCN3C[C@H]2C[C@@H](OC(=O)c2cc(OC)c(OC)c(OC)c2)[C@@H]1OC. The van der Waals surface area contributed by atoms with E-state index < -0.39 is 48.0 Å². The van der Waals surface area contributed by atoms with E-state index in [0.29, 0.717) is 47.1 Å². The van der Waals surface area contributed by atoms with Crippen molar-refractivity contribution in [1.29, 1.82) is 0 Å². The molecule has 408 valence electrons. The Morgan fingerprint density at radius 1 is 0.883 bits per heavy atom. The fourth-order valence-corrected chi connectivity index (χ4v) is 10.8. The number of fused-ring (bicyclic) bond motifs is 7. The van der Waals surface area contributed by atoms with Gasteiger partial charge in [0.05, 0.1) is 71.5 Å². The molecule has 0 radical (unpaired) electrons. The molecule has 3 aromatic carbocycles. The number of hydrogen-bond acceptors (Lipinski definition) is 20. The summed E-state index contributed by atoms with van der Waals surface area (Å²) in [5.41, 5.74) is 17.5. The number of carbonyl (C=O) groups is 5. The van der Waals surface area contributed by atoms with Crippen LogP contribution in [-0.2, 0) is 41.6 Å². The molecule has 3 aliphatic rings. The maximum atomic E-state index is 13.5. The number of carboxylic acid groups (broad SMARTS) is 2. The lowest BCUT2D eigenvalue weighted by Crippen LogP contribution is -2.58. The van der Waals surface area contributed by atoms with Crippen LogP contribution >= 0.6 is 0 Å². The van der Waals surface area contributed by atoms with Crippen molar-refractivity contribution in [3.8, 4) is 23.0 Å². The molecule has 24 heteroatoms. The first-order valence-corrected chi connectivity index (χ1v) is 24.6. The maximum Gasteiger partial charge on any atom is 0.338 e. The van der Waals surface area contributed by atoms with E-state index in [1.54, 1.807) is 44.7 Å². The Kier molecular flexibility index (Phi) is 16.8. The van der Waals surface area contributed by atoms with Crippen molar-refractivity contribution in [3.05, 3.63) is 88.9 Å². The molecule has 2 fully saturated rings. The van der Waals surface area contributed by atoms with Gasteiger partial charge in [-0.25, -0.2) is 19.6 Å². The number of nitrogens with two attached hydrogens (primary N) is 2.